The molecular formula is C24H26F3N3O. The maximum absolute atomic E-state index is 12.9. The number of carbonyl (C=O) groups is 1. The first-order valence-corrected chi connectivity index (χ1v) is 10.4. The van der Waals surface area contributed by atoms with Crippen molar-refractivity contribution in [3.63, 3.8) is 0 Å². The molecule has 4 nitrogen and oxygen atoms in total. The van der Waals surface area contributed by atoms with Crippen LogP contribution in [0.15, 0.2) is 48.5 Å². The molecular weight excluding hydrogens is 403 g/mol. The minimum Gasteiger partial charge on any atom is -0.368 e. The molecule has 1 heterocycles. The Labute approximate surface area is 179 Å². The summed E-state index contributed by atoms with van der Waals surface area (Å²) in [7, 11) is 0. The molecule has 0 spiro atoms. The molecule has 31 heavy (non-hydrogen) atoms. The zero-order chi connectivity index (χ0) is 22.6. The van der Waals surface area contributed by atoms with Gasteiger partial charge >= 0.3 is 6.18 Å². The van der Waals surface area contributed by atoms with Crippen molar-refractivity contribution in [2.45, 2.75) is 39.8 Å². The Morgan fingerprint density at radius 1 is 0.968 bits per heavy atom. The van der Waals surface area contributed by atoms with Crippen LogP contribution in [-0.4, -0.2) is 22.5 Å². The van der Waals surface area contributed by atoms with Gasteiger partial charge in [0, 0.05) is 35.2 Å². The molecule has 0 bridgehead atoms. The molecule has 0 saturated heterocycles. The predicted octanol–water partition coefficient (Wildman–Crippen LogP) is 6.37. The van der Waals surface area contributed by atoms with Crippen molar-refractivity contribution in [2.24, 2.45) is 11.8 Å². The molecule has 7 heteroatoms. The lowest BCUT2D eigenvalue weighted by Gasteiger charge is -2.15. The zero-order valence-electron chi connectivity index (χ0n) is 17.8. The van der Waals surface area contributed by atoms with Crippen molar-refractivity contribution in [3.8, 4) is 11.3 Å². The Kier molecular flexibility index (Phi) is 6.93. The third-order valence-corrected chi connectivity index (χ3v) is 5.32. The van der Waals surface area contributed by atoms with Crippen LogP contribution in [0.3, 0.4) is 0 Å². The van der Waals surface area contributed by atoms with E-state index in [4.69, 9.17) is 0 Å². The van der Waals surface area contributed by atoms with Crippen LogP contribution in [0.1, 0.15) is 39.2 Å². The summed E-state index contributed by atoms with van der Waals surface area (Å²) in [5.41, 5.74) is 0.408. The number of Topliss-reactive ketones (excluding diaryl/α,β-unsaturated/α-hetero) is 1. The lowest BCUT2D eigenvalue weighted by Crippen LogP contribution is -2.15. The standard InChI is InChI=1S/C24H26F3N3O/c1-15(2)21(31)13-8-16(3)14-28-23-20-7-5-4-6-19(20)22(29-30-23)17-9-11-18(12-10-17)24(25,26)27/h4-7,9-12,15-16H,8,13-14H2,1-3H3,(H,28,30). The number of benzene rings is 2. The number of ketones is 1. The largest absolute Gasteiger partial charge is 0.416 e. The van der Waals surface area contributed by atoms with Crippen LogP contribution in [0.2, 0.25) is 0 Å². The quantitative estimate of drug-likeness (QED) is 0.452. The summed E-state index contributed by atoms with van der Waals surface area (Å²) in [6.07, 6.45) is -3.03. The average Bonchev–Trinajstić information content (AvgIpc) is 2.75. The van der Waals surface area contributed by atoms with Gasteiger partial charge in [-0.1, -0.05) is 57.2 Å². The van der Waals surface area contributed by atoms with Crippen molar-refractivity contribution in [1.82, 2.24) is 10.2 Å². The Morgan fingerprint density at radius 3 is 2.23 bits per heavy atom. The van der Waals surface area contributed by atoms with E-state index >= 15 is 0 Å². The van der Waals surface area contributed by atoms with Gasteiger partial charge in [-0.2, -0.15) is 13.2 Å². The van der Waals surface area contributed by atoms with E-state index in [0.717, 1.165) is 29.3 Å². The minimum atomic E-state index is -4.38. The molecule has 0 aliphatic rings. The number of hydrogen-bond acceptors (Lipinski definition) is 4. The summed E-state index contributed by atoms with van der Waals surface area (Å²) in [6, 6.07) is 12.5. The van der Waals surface area contributed by atoms with Crippen LogP contribution < -0.4 is 5.32 Å². The molecule has 3 rings (SSSR count). The van der Waals surface area contributed by atoms with Gasteiger partial charge in [-0.3, -0.25) is 4.79 Å². The van der Waals surface area contributed by atoms with Crippen molar-refractivity contribution in [2.75, 3.05) is 11.9 Å². The molecule has 1 aromatic heterocycles. The summed E-state index contributed by atoms with van der Waals surface area (Å²) in [5, 5.41) is 13.6. The smallest absolute Gasteiger partial charge is 0.368 e. The molecule has 0 fully saturated rings. The predicted molar refractivity (Wildman–Crippen MR) is 117 cm³/mol. The zero-order valence-corrected chi connectivity index (χ0v) is 17.8. The van der Waals surface area contributed by atoms with E-state index in [1.807, 2.05) is 38.1 Å². The van der Waals surface area contributed by atoms with E-state index in [9.17, 15) is 18.0 Å². The summed E-state index contributed by atoms with van der Waals surface area (Å²) >= 11 is 0. The summed E-state index contributed by atoms with van der Waals surface area (Å²) in [6.45, 7) is 6.53. The van der Waals surface area contributed by atoms with Crippen LogP contribution in [0.25, 0.3) is 22.0 Å². The van der Waals surface area contributed by atoms with E-state index < -0.39 is 11.7 Å². The molecule has 0 aliphatic carbocycles. The van der Waals surface area contributed by atoms with Gasteiger partial charge < -0.3 is 5.32 Å². The monoisotopic (exact) mass is 429 g/mol. The third-order valence-electron chi connectivity index (χ3n) is 5.32. The van der Waals surface area contributed by atoms with Gasteiger partial charge in [-0.15, -0.1) is 10.2 Å². The number of carbonyl (C=O) groups excluding carboxylic acids is 1. The Balaban J connectivity index is 1.79. The molecule has 164 valence electrons. The number of alkyl halides is 3. The van der Waals surface area contributed by atoms with Crippen LogP contribution in [0, 0.1) is 11.8 Å². The highest BCUT2D eigenvalue weighted by atomic mass is 19.4. The average molecular weight is 429 g/mol. The molecule has 1 N–H and O–H groups in total. The van der Waals surface area contributed by atoms with E-state index in [1.54, 1.807) is 0 Å². The fraction of sp³-hybridized carbons (Fsp3) is 0.375. The van der Waals surface area contributed by atoms with Gasteiger partial charge in [0.05, 0.1) is 5.56 Å². The lowest BCUT2D eigenvalue weighted by atomic mass is 9.98. The Bertz CT molecular complexity index is 1050. The number of anilines is 1. The van der Waals surface area contributed by atoms with Gasteiger partial charge in [0.25, 0.3) is 0 Å². The number of hydrogen-bond donors (Lipinski definition) is 1. The lowest BCUT2D eigenvalue weighted by molar-refractivity contribution is -0.137. The molecule has 1 atom stereocenters. The van der Waals surface area contributed by atoms with E-state index in [2.05, 4.69) is 22.4 Å². The maximum Gasteiger partial charge on any atom is 0.416 e. The maximum atomic E-state index is 12.9. The summed E-state index contributed by atoms with van der Waals surface area (Å²) in [4.78, 5) is 11.8. The molecule has 2 aromatic carbocycles. The number of halogens is 3. The van der Waals surface area contributed by atoms with Crippen LogP contribution in [0.5, 0.6) is 0 Å². The van der Waals surface area contributed by atoms with Crippen LogP contribution in [-0.2, 0) is 11.0 Å². The number of fused-ring (bicyclic) bond motifs is 1. The van der Waals surface area contributed by atoms with Gasteiger partial charge in [0.15, 0.2) is 5.82 Å². The van der Waals surface area contributed by atoms with Gasteiger partial charge in [0.1, 0.15) is 11.5 Å². The Morgan fingerprint density at radius 2 is 1.61 bits per heavy atom. The first-order chi connectivity index (χ1) is 14.7. The SMILES string of the molecule is CC(CCC(=O)C(C)C)CNc1nnc(-c2ccc(C(F)(F)F)cc2)c2ccccc12. The number of nitrogens with one attached hydrogen (secondary N) is 1. The second kappa shape index (κ2) is 9.45. The topological polar surface area (TPSA) is 54.9 Å². The Hall–Kier alpha value is -2.96. The van der Waals surface area contributed by atoms with E-state index in [0.29, 0.717) is 30.0 Å². The number of nitrogens with zero attached hydrogens (tertiary/aromatic N) is 2. The number of aromatic nitrogens is 2. The second-order valence-electron chi connectivity index (χ2n) is 8.16. The molecule has 1 unspecified atom stereocenters. The fourth-order valence-electron chi connectivity index (χ4n) is 3.32. The van der Waals surface area contributed by atoms with E-state index in [1.165, 1.54) is 12.1 Å². The van der Waals surface area contributed by atoms with Crippen LogP contribution >= 0.6 is 0 Å². The summed E-state index contributed by atoms with van der Waals surface area (Å²) in [5.74, 6) is 1.21. The van der Waals surface area contributed by atoms with Crippen molar-refractivity contribution >= 4 is 22.4 Å². The van der Waals surface area contributed by atoms with Gasteiger partial charge in [-0.25, -0.2) is 0 Å². The van der Waals surface area contributed by atoms with Crippen molar-refractivity contribution in [3.05, 3.63) is 54.1 Å². The first-order valence-electron chi connectivity index (χ1n) is 10.4. The van der Waals surface area contributed by atoms with E-state index in [-0.39, 0.29) is 17.6 Å². The first kappa shape index (κ1) is 22.7. The summed E-state index contributed by atoms with van der Waals surface area (Å²) < 4.78 is 38.6. The molecule has 0 aliphatic heterocycles. The highest BCUT2D eigenvalue weighted by molar-refractivity contribution is 6.00. The molecule has 0 saturated carbocycles. The molecule has 3 aromatic rings. The second-order valence-corrected chi connectivity index (χ2v) is 8.16. The van der Waals surface area contributed by atoms with Gasteiger partial charge in [-0.05, 0) is 24.5 Å². The van der Waals surface area contributed by atoms with Crippen LogP contribution in [0.4, 0.5) is 19.0 Å². The third kappa shape index (κ3) is 5.60. The highest BCUT2D eigenvalue weighted by Gasteiger charge is 2.30. The normalized spacial score (nSPS) is 12.9. The molecule has 0 radical (unpaired) electrons. The fourth-order valence-corrected chi connectivity index (χ4v) is 3.32. The highest BCUT2D eigenvalue weighted by Crippen LogP contribution is 2.33. The minimum absolute atomic E-state index is 0.0488. The molecule has 0 amide bonds. The van der Waals surface area contributed by atoms with Crippen molar-refractivity contribution in [1.29, 1.82) is 0 Å². The van der Waals surface area contributed by atoms with Gasteiger partial charge in [0.2, 0.25) is 0 Å². The van der Waals surface area contributed by atoms with Crippen molar-refractivity contribution < 1.29 is 18.0 Å². The number of rotatable bonds is 8.